The third-order valence-corrected chi connectivity index (χ3v) is 3.59. The van der Waals surface area contributed by atoms with E-state index >= 15 is 0 Å². The predicted octanol–water partition coefficient (Wildman–Crippen LogP) is 1.80. The molecule has 0 saturated heterocycles. The molecule has 2 unspecified atom stereocenters. The normalized spacial score (nSPS) is 17.2. The van der Waals surface area contributed by atoms with Crippen LogP contribution in [0, 0.1) is 0 Å². The zero-order valence-corrected chi connectivity index (χ0v) is 10.3. The summed E-state index contributed by atoms with van der Waals surface area (Å²) in [6.07, 6.45) is 1.80. The summed E-state index contributed by atoms with van der Waals surface area (Å²) in [6.45, 7) is 6.05. The fourth-order valence-corrected chi connectivity index (χ4v) is 2.11. The number of hydrogen-bond acceptors (Lipinski definition) is 4. The molecule has 3 nitrogen and oxygen atoms in total. The van der Waals surface area contributed by atoms with E-state index < -0.39 is 5.54 Å². The minimum absolute atomic E-state index is 0.331. The first-order valence-electron chi connectivity index (χ1n) is 4.93. The van der Waals surface area contributed by atoms with Crippen molar-refractivity contribution in [2.75, 3.05) is 12.9 Å². The lowest BCUT2D eigenvalue weighted by molar-refractivity contribution is -0.146. The van der Waals surface area contributed by atoms with E-state index in [1.165, 1.54) is 7.11 Å². The standard InChI is InChI=1S/C10H21NO2S/c1-5-8(2)14-7-6-10(3,11)9(12)13-4/h8H,5-7,11H2,1-4H3. The number of carbonyl (C=O) groups excluding carboxylic acids is 1. The van der Waals surface area contributed by atoms with Crippen molar-refractivity contribution < 1.29 is 9.53 Å². The summed E-state index contributed by atoms with van der Waals surface area (Å²) < 4.78 is 4.63. The molecule has 0 amide bonds. The van der Waals surface area contributed by atoms with Gasteiger partial charge in [-0.05, 0) is 25.5 Å². The highest BCUT2D eigenvalue weighted by Gasteiger charge is 2.28. The first-order chi connectivity index (χ1) is 6.44. The van der Waals surface area contributed by atoms with Gasteiger partial charge in [0.05, 0.1) is 7.11 Å². The molecule has 0 radical (unpaired) electrons. The Labute approximate surface area is 90.8 Å². The zero-order valence-electron chi connectivity index (χ0n) is 9.50. The van der Waals surface area contributed by atoms with Crippen LogP contribution >= 0.6 is 11.8 Å². The van der Waals surface area contributed by atoms with Crippen LogP contribution in [0.3, 0.4) is 0 Å². The molecule has 0 fully saturated rings. The summed E-state index contributed by atoms with van der Waals surface area (Å²) in [7, 11) is 1.37. The van der Waals surface area contributed by atoms with Gasteiger partial charge in [0.15, 0.2) is 0 Å². The van der Waals surface area contributed by atoms with Crippen LogP contribution in [0.25, 0.3) is 0 Å². The maximum atomic E-state index is 11.2. The Morgan fingerprint density at radius 2 is 2.21 bits per heavy atom. The van der Waals surface area contributed by atoms with Gasteiger partial charge in [-0.25, -0.2) is 0 Å². The Bertz CT molecular complexity index is 183. The number of carbonyl (C=O) groups is 1. The molecule has 0 aliphatic rings. The minimum atomic E-state index is -0.838. The largest absolute Gasteiger partial charge is 0.468 e. The van der Waals surface area contributed by atoms with Crippen LogP contribution in [0.1, 0.15) is 33.6 Å². The molecule has 0 bridgehead atoms. The van der Waals surface area contributed by atoms with Gasteiger partial charge in [-0.15, -0.1) is 0 Å². The number of methoxy groups -OCH3 is 1. The number of nitrogens with two attached hydrogens (primary N) is 1. The molecule has 0 spiro atoms. The van der Waals surface area contributed by atoms with Crippen molar-refractivity contribution in [1.82, 2.24) is 0 Å². The molecular weight excluding hydrogens is 198 g/mol. The lowest BCUT2D eigenvalue weighted by atomic mass is 10.0. The lowest BCUT2D eigenvalue weighted by Crippen LogP contribution is -2.46. The van der Waals surface area contributed by atoms with E-state index in [-0.39, 0.29) is 5.97 Å². The summed E-state index contributed by atoms with van der Waals surface area (Å²) in [5, 5.41) is 0.628. The Balaban J connectivity index is 3.82. The van der Waals surface area contributed by atoms with Crippen LogP contribution < -0.4 is 5.73 Å². The average Bonchev–Trinajstić information content (AvgIpc) is 2.15. The van der Waals surface area contributed by atoms with E-state index in [1.807, 2.05) is 11.8 Å². The number of esters is 1. The second-order valence-electron chi connectivity index (χ2n) is 3.75. The first kappa shape index (κ1) is 13.8. The van der Waals surface area contributed by atoms with E-state index in [1.54, 1.807) is 6.92 Å². The fraction of sp³-hybridized carbons (Fsp3) is 0.900. The second kappa shape index (κ2) is 6.30. The van der Waals surface area contributed by atoms with Gasteiger partial charge in [0.2, 0.25) is 0 Å². The highest BCUT2D eigenvalue weighted by atomic mass is 32.2. The van der Waals surface area contributed by atoms with Gasteiger partial charge in [-0.1, -0.05) is 13.8 Å². The molecule has 84 valence electrons. The van der Waals surface area contributed by atoms with Gasteiger partial charge < -0.3 is 10.5 Å². The third kappa shape index (κ3) is 4.86. The van der Waals surface area contributed by atoms with Crippen molar-refractivity contribution in [3.63, 3.8) is 0 Å². The van der Waals surface area contributed by atoms with E-state index in [0.29, 0.717) is 11.7 Å². The summed E-state index contributed by atoms with van der Waals surface area (Å²) in [4.78, 5) is 11.2. The lowest BCUT2D eigenvalue weighted by Gasteiger charge is -2.21. The van der Waals surface area contributed by atoms with Crippen LogP contribution in [0.4, 0.5) is 0 Å². The summed E-state index contributed by atoms with van der Waals surface area (Å²) in [5.41, 5.74) is 4.97. The van der Waals surface area contributed by atoms with Gasteiger partial charge in [0.25, 0.3) is 0 Å². The molecule has 0 aromatic carbocycles. The molecule has 0 aliphatic carbocycles. The molecule has 0 aliphatic heterocycles. The highest BCUT2D eigenvalue weighted by Crippen LogP contribution is 2.18. The highest BCUT2D eigenvalue weighted by molar-refractivity contribution is 7.99. The SMILES string of the molecule is CCC(C)SCCC(C)(N)C(=O)OC. The topological polar surface area (TPSA) is 52.3 Å². The van der Waals surface area contributed by atoms with E-state index in [4.69, 9.17) is 5.73 Å². The number of thioether (sulfide) groups is 1. The average molecular weight is 219 g/mol. The molecule has 4 heteroatoms. The van der Waals surface area contributed by atoms with Crippen LogP contribution in [-0.2, 0) is 9.53 Å². The molecule has 0 aromatic heterocycles. The summed E-state index contributed by atoms with van der Waals surface area (Å²) in [5.74, 6) is 0.569. The molecule has 2 N–H and O–H groups in total. The van der Waals surface area contributed by atoms with E-state index in [0.717, 1.165) is 12.2 Å². The van der Waals surface area contributed by atoms with Crippen molar-refractivity contribution in [2.24, 2.45) is 5.73 Å². The van der Waals surface area contributed by atoms with Crippen molar-refractivity contribution >= 4 is 17.7 Å². The van der Waals surface area contributed by atoms with Gasteiger partial charge in [-0.3, -0.25) is 4.79 Å². The van der Waals surface area contributed by atoms with Crippen molar-refractivity contribution in [3.05, 3.63) is 0 Å². The Hall–Kier alpha value is -0.220. The molecule has 2 atom stereocenters. The maximum Gasteiger partial charge on any atom is 0.325 e. The van der Waals surface area contributed by atoms with E-state index in [2.05, 4.69) is 18.6 Å². The third-order valence-electron chi connectivity index (χ3n) is 2.25. The molecule has 14 heavy (non-hydrogen) atoms. The minimum Gasteiger partial charge on any atom is -0.468 e. The number of ether oxygens (including phenoxy) is 1. The molecule has 0 heterocycles. The molecule has 0 rings (SSSR count). The van der Waals surface area contributed by atoms with Crippen molar-refractivity contribution in [2.45, 2.75) is 44.4 Å². The molecular formula is C10H21NO2S. The predicted molar refractivity (Wildman–Crippen MR) is 61.4 cm³/mol. The second-order valence-corrected chi connectivity index (χ2v) is 5.30. The maximum absolute atomic E-state index is 11.2. The molecule has 0 aromatic rings. The van der Waals surface area contributed by atoms with Gasteiger partial charge in [-0.2, -0.15) is 11.8 Å². The van der Waals surface area contributed by atoms with Gasteiger partial charge >= 0.3 is 5.97 Å². The van der Waals surface area contributed by atoms with E-state index in [9.17, 15) is 4.79 Å². The van der Waals surface area contributed by atoms with Crippen LogP contribution in [0.15, 0.2) is 0 Å². The summed E-state index contributed by atoms with van der Waals surface area (Å²) in [6, 6.07) is 0. The number of rotatable bonds is 6. The Morgan fingerprint density at radius 3 is 2.64 bits per heavy atom. The van der Waals surface area contributed by atoms with Gasteiger partial charge in [0, 0.05) is 5.25 Å². The fourth-order valence-electron chi connectivity index (χ4n) is 0.925. The smallest absolute Gasteiger partial charge is 0.325 e. The van der Waals surface area contributed by atoms with Crippen molar-refractivity contribution in [3.8, 4) is 0 Å². The van der Waals surface area contributed by atoms with Crippen LogP contribution in [-0.4, -0.2) is 29.6 Å². The first-order valence-corrected chi connectivity index (χ1v) is 5.97. The summed E-state index contributed by atoms with van der Waals surface area (Å²) >= 11 is 1.84. The Morgan fingerprint density at radius 1 is 1.64 bits per heavy atom. The Kier molecular flexibility index (Phi) is 6.20. The van der Waals surface area contributed by atoms with Crippen LogP contribution in [0.5, 0.6) is 0 Å². The van der Waals surface area contributed by atoms with Crippen molar-refractivity contribution in [1.29, 1.82) is 0 Å². The monoisotopic (exact) mass is 219 g/mol. The van der Waals surface area contributed by atoms with Gasteiger partial charge in [0.1, 0.15) is 5.54 Å². The quantitative estimate of drug-likeness (QED) is 0.692. The zero-order chi connectivity index (χ0) is 11.2. The van der Waals surface area contributed by atoms with Crippen LogP contribution in [0.2, 0.25) is 0 Å². The number of hydrogen-bond donors (Lipinski definition) is 1. The molecule has 0 saturated carbocycles.